The van der Waals surface area contributed by atoms with Gasteiger partial charge in [0.1, 0.15) is 0 Å². The van der Waals surface area contributed by atoms with Gasteiger partial charge in [-0.25, -0.2) is 0 Å². The van der Waals surface area contributed by atoms with E-state index in [0.29, 0.717) is 6.04 Å². The van der Waals surface area contributed by atoms with Gasteiger partial charge in [-0.1, -0.05) is 31.9 Å². The smallest absolute Gasteiger partial charge is 0.254 e. The zero-order valence-electron chi connectivity index (χ0n) is 11.2. The van der Waals surface area contributed by atoms with Crippen LogP contribution in [0, 0.1) is 6.92 Å². The summed E-state index contributed by atoms with van der Waals surface area (Å²) >= 11 is 6.93. The van der Waals surface area contributed by atoms with Gasteiger partial charge in [-0.05, 0) is 56.4 Å². The second-order valence-electron chi connectivity index (χ2n) is 5.09. The van der Waals surface area contributed by atoms with Gasteiger partial charge in [-0.2, -0.15) is 0 Å². The average molecular weight is 389 g/mol. The highest BCUT2D eigenvalue weighted by Crippen LogP contribution is 2.27. The lowest BCUT2D eigenvalue weighted by molar-refractivity contribution is 0.0581. The number of hydrogen-bond acceptors (Lipinski definition) is 1. The molecule has 0 N–H and O–H groups in total. The predicted octanol–water partition coefficient (Wildman–Crippen LogP) is 4.54. The zero-order valence-corrected chi connectivity index (χ0v) is 14.3. The molecule has 104 valence electrons. The Balaban J connectivity index is 2.15. The van der Waals surface area contributed by atoms with Crippen LogP contribution >= 0.6 is 31.9 Å². The number of carbonyl (C=O) groups is 1. The number of aryl methyl sites for hydroxylation is 1. The van der Waals surface area contributed by atoms with Crippen LogP contribution in [-0.2, 0) is 0 Å². The van der Waals surface area contributed by atoms with Gasteiger partial charge < -0.3 is 4.90 Å². The third kappa shape index (κ3) is 3.60. The lowest BCUT2D eigenvalue weighted by atomic mass is 9.90. The predicted molar refractivity (Wildman–Crippen MR) is 86.0 cm³/mol. The first kappa shape index (κ1) is 15.0. The van der Waals surface area contributed by atoms with Crippen molar-refractivity contribution in [3.8, 4) is 0 Å². The van der Waals surface area contributed by atoms with Gasteiger partial charge in [-0.15, -0.1) is 0 Å². The van der Waals surface area contributed by atoms with Crippen molar-refractivity contribution in [2.24, 2.45) is 0 Å². The minimum Gasteiger partial charge on any atom is -0.336 e. The molecule has 0 radical (unpaired) electrons. The van der Waals surface area contributed by atoms with E-state index in [9.17, 15) is 4.79 Å². The van der Waals surface area contributed by atoms with Gasteiger partial charge >= 0.3 is 0 Å². The summed E-state index contributed by atoms with van der Waals surface area (Å²) in [7, 11) is 0. The van der Waals surface area contributed by atoms with Crippen molar-refractivity contribution in [3.63, 3.8) is 0 Å². The van der Waals surface area contributed by atoms with Crippen molar-refractivity contribution < 1.29 is 4.79 Å². The molecule has 1 aliphatic rings. The Bertz CT molecular complexity index is 457. The molecule has 2 rings (SSSR count). The SMILES string of the molecule is Cc1cc(C(=O)N(CCCBr)C2CCC2)ccc1Br. The van der Waals surface area contributed by atoms with Crippen molar-refractivity contribution in [2.45, 2.75) is 38.6 Å². The molecule has 4 heteroatoms. The first-order valence-electron chi connectivity index (χ1n) is 6.76. The van der Waals surface area contributed by atoms with Gasteiger partial charge in [0.2, 0.25) is 0 Å². The molecule has 0 saturated heterocycles. The number of halogens is 2. The Morgan fingerprint density at radius 3 is 2.68 bits per heavy atom. The van der Waals surface area contributed by atoms with Crippen LogP contribution in [0.3, 0.4) is 0 Å². The molecule has 1 fully saturated rings. The fourth-order valence-electron chi connectivity index (χ4n) is 2.32. The molecule has 0 unspecified atom stereocenters. The van der Waals surface area contributed by atoms with E-state index in [1.165, 1.54) is 6.42 Å². The summed E-state index contributed by atoms with van der Waals surface area (Å²) < 4.78 is 1.06. The van der Waals surface area contributed by atoms with E-state index in [4.69, 9.17) is 0 Å². The van der Waals surface area contributed by atoms with Crippen molar-refractivity contribution in [1.82, 2.24) is 4.90 Å². The summed E-state index contributed by atoms with van der Waals surface area (Å²) in [6, 6.07) is 6.31. The molecular formula is C15H19Br2NO. The quantitative estimate of drug-likeness (QED) is 0.678. The van der Waals surface area contributed by atoms with Crippen LogP contribution in [-0.4, -0.2) is 28.7 Å². The monoisotopic (exact) mass is 387 g/mol. The number of alkyl halides is 1. The Morgan fingerprint density at radius 2 is 2.16 bits per heavy atom. The van der Waals surface area contributed by atoms with E-state index in [-0.39, 0.29) is 5.91 Å². The number of nitrogens with zero attached hydrogens (tertiary/aromatic N) is 1. The highest BCUT2D eigenvalue weighted by atomic mass is 79.9. The molecule has 0 aromatic heterocycles. The van der Waals surface area contributed by atoms with E-state index in [1.807, 2.05) is 25.1 Å². The second kappa shape index (κ2) is 6.89. The number of benzene rings is 1. The summed E-state index contributed by atoms with van der Waals surface area (Å²) in [5.74, 6) is 0.182. The summed E-state index contributed by atoms with van der Waals surface area (Å²) in [4.78, 5) is 14.7. The van der Waals surface area contributed by atoms with E-state index < -0.39 is 0 Å². The second-order valence-corrected chi connectivity index (χ2v) is 6.74. The van der Waals surface area contributed by atoms with Crippen LogP contribution in [0.5, 0.6) is 0 Å². The van der Waals surface area contributed by atoms with E-state index in [2.05, 4.69) is 36.8 Å². The van der Waals surface area contributed by atoms with Crippen LogP contribution in [0.4, 0.5) is 0 Å². The fraction of sp³-hybridized carbons (Fsp3) is 0.533. The van der Waals surface area contributed by atoms with Crippen LogP contribution < -0.4 is 0 Å². The third-order valence-corrected chi connectivity index (χ3v) is 5.16. The highest BCUT2D eigenvalue weighted by Gasteiger charge is 2.28. The largest absolute Gasteiger partial charge is 0.336 e. The molecule has 19 heavy (non-hydrogen) atoms. The normalized spacial score (nSPS) is 15.1. The Labute approximate surface area is 131 Å². The molecule has 0 aliphatic heterocycles. The summed E-state index contributed by atoms with van der Waals surface area (Å²) in [6.07, 6.45) is 4.58. The molecule has 0 spiro atoms. The van der Waals surface area contributed by atoms with Gasteiger partial charge in [0.05, 0.1) is 0 Å². The average Bonchev–Trinajstić information content (AvgIpc) is 2.34. The van der Waals surface area contributed by atoms with Gasteiger partial charge in [0.15, 0.2) is 0 Å². The molecule has 0 bridgehead atoms. The molecule has 1 saturated carbocycles. The number of carbonyl (C=O) groups excluding carboxylic acids is 1. The maximum absolute atomic E-state index is 12.6. The molecule has 1 amide bonds. The number of hydrogen-bond donors (Lipinski definition) is 0. The maximum Gasteiger partial charge on any atom is 0.254 e. The van der Waals surface area contributed by atoms with E-state index in [0.717, 1.165) is 46.7 Å². The van der Waals surface area contributed by atoms with Crippen LogP contribution in [0.2, 0.25) is 0 Å². The molecule has 0 heterocycles. The Morgan fingerprint density at radius 1 is 1.42 bits per heavy atom. The molecule has 0 atom stereocenters. The zero-order chi connectivity index (χ0) is 13.8. The molecular weight excluding hydrogens is 370 g/mol. The maximum atomic E-state index is 12.6. The first-order chi connectivity index (χ1) is 9.13. The molecule has 1 aromatic carbocycles. The summed E-state index contributed by atoms with van der Waals surface area (Å²) in [6.45, 7) is 2.87. The highest BCUT2D eigenvalue weighted by molar-refractivity contribution is 9.10. The van der Waals surface area contributed by atoms with Crippen LogP contribution in [0.15, 0.2) is 22.7 Å². The summed E-state index contributed by atoms with van der Waals surface area (Å²) in [5.41, 5.74) is 1.92. The van der Waals surface area contributed by atoms with Crippen molar-refractivity contribution in [1.29, 1.82) is 0 Å². The Kier molecular flexibility index (Phi) is 5.46. The summed E-state index contributed by atoms with van der Waals surface area (Å²) in [5, 5.41) is 0.947. The number of rotatable bonds is 5. The van der Waals surface area contributed by atoms with Crippen molar-refractivity contribution >= 4 is 37.8 Å². The van der Waals surface area contributed by atoms with Gasteiger partial charge in [0.25, 0.3) is 5.91 Å². The topological polar surface area (TPSA) is 20.3 Å². The molecule has 1 aromatic rings. The minimum atomic E-state index is 0.182. The van der Waals surface area contributed by atoms with Gasteiger partial charge in [-0.3, -0.25) is 4.79 Å². The number of amides is 1. The van der Waals surface area contributed by atoms with Crippen molar-refractivity contribution in [3.05, 3.63) is 33.8 Å². The van der Waals surface area contributed by atoms with E-state index >= 15 is 0 Å². The van der Waals surface area contributed by atoms with Crippen molar-refractivity contribution in [2.75, 3.05) is 11.9 Å². The Hall–Kier alpha value is -0.350. The molecule has 1 aliphatic carbocycles. The van der Waals surface area contributed by atoms with Gasteiger partial charge in [0, 0.05) is 28.0 Å². The lowest BCUT2D eigenvalue weighted by Crippen LogP contribution is -2.44. The minimum absolute atomic E-state index is 0.182. The fourth-order valence-corrected chi connectivity index (χ4v) is 2.82. The standard InChI is InChI=1S/C15H19Br2NO/c1-11-10-12(6-7-14(11)17)15(19)18(9-3-8-16)13-4-2-5-13/h6-7,10,13H,2-5,8-9H2,1H3. The van der Waals surface area contributed by atoms with Crippen LogP contribution in [0.25, 0.3) is 0 Å². The van der Waals surface area contributed by atoms with Crippen LogP contribution in [0.1, 0.15) is 41.6 Å². The lowest BCUT2D eigenvalue weighted by Gasteiger charge is -2.37. The first-order valence-corrected chi connectivity index (χ1v) is 8.68. The third-order valence-electron chi connectivity index (χ3n) is 3.71. The molecule has 2 nitrogen and oxygen atoms in total. The van der Waals surface area contributed by atoms with E-state index in [1.54, 1.807) is 0 Å².